The molecular formula is C96H151FN18O30. The Labute approximate surface area is 843 Å². The van der Waals surface area contributed by atoms with Crippen LogP contribution in [0.3, 0.4) is 0 Å². The number of amides is 8. The van der Waals surface area contributed by atoms with Gasteiger partial charge < -0.3 is 99.3 Å². The maximum Gasteiger partial charge on any atom is 0.407 e. The molecule has 9 N–H and O–H groups in total. The number of alkyl halides is 1. The Morgan fingerprint density at radius 3 is 1.14 bits per heavy atom. The number of carboxylic acids is 3. The first kappa shape index (κ1) is 138. The summed E-state index contributed by atoms with van der Waals surface area (Å²) in [6.07, 6.45) is -2.30. The van der Waals surface area contributed by atoms with Gasteiger partial charge in [-0.05, 0) is 190 Å². The minimum Gasteiger partial charge on any atom is -0.480 e. The molecular weight excluding hydrogens is 1900 g/mol. The van der Waals surface area contributed by atoms with Crippen molar-refractivity contribution in [2.75, 3.05) is 112 Å². The topological polar surface area (TPSA) is 629 Å². The van der Waals surface area contributed by atoms with Crippen LogP contribution in [0, 0.1) is 37.8 Å². The van der Waals surface area contributed by atoms with E-state index in [0.29, 0.717) is 80.7 Å². The summed E-state index contributed by atoms with van der Waals surface area (Å²) in [5, 5.41) is 53.6. The molecule has 5 aliphatic heterocycles. The highest BCUT2D eigenvalue weighted by molar-refractivity contribution is 6.26. The summed E-state index contributed by atoms with van der Waals surface area (Å²) >= 11 is 0. The number of nitrogens with one attached hydrogen (secondary N) is 6. The predicted molar refractivity (Wildman–Crippen MR) is 545 cm³/mol. The Hall–Kier alpha value is -15.1. The zero-order valence-electron chi connectivity index (χ0n) is 80.2. The lowest BCUT2D eigenvalue weighted by atomic mass is 9.93. The fraction of sp³-hybridized carbons (Fsp3) is 0.542. The standard InChI is InChI=1S/C26H34N6O7.C15H14N4O4.C14H8N2O6.C11H19FN2O5.2C11H22N2O4.8CH4/c1-8-38-20(34)14-31(10-9-27-25(37)39-26(4,5)6)19(33)13-32-23(35)21-22(29-24(32)36)30(7)18-12-16(3)15(2)11-17(18)28-21;1-7-4-9-10(5-8(7)2)18(3)13-12(16-9)14(22)19(6-11(20)21)15(23)17-13;17-11(18)6-15-13(19)9-3-1-2-7-4-8(16(21)22)5-10(12(7)9)14(15)20;1-11(2,3)19-10(18)13-4-5-14(7-9(16)17)8(15)6-12;2*1-5-16-9(14)8-12-6-7-13-10(15)17-11(2,3)4;;;;;;;;/h11-12H,8-10,13-14H2,1-7H3,(H,27,37);4-5H,6H2,1-3H3,(H,20,21);1-5H,6H2,(H,17,18);4-7H2,1-3H3,(H,13,18)(H,16,17);2*12H,5-8H2,1-4H3,(H,13,15);8*1H4. The second-order valence-corrected chi connectivity index (χ2v) is 33.9. The fourth-order valence-electron chi connectivity index (χ4n) is 12.0. The Balaban J connectivity index is -0.000000551. The van der Waals surface area contributed by atoms with Crippen molar-refractivity contribution in [1.82, 2.24) is 84.8 Å². The SMILES string of the molecule is C.C.C.C.C.C.C.C.CC(C)(C)OC(=O)NCCN(CC(=O)O)C(=O)CF.CCOC(=O)CN(CCNC(=O)OC(C)(C)C)C(=O)Cn1c(=O)nc2n(C)c3cc(C)c(C)cc3nc-2c1=O.CCOC(=O)CNCCNC(=O)OC(C)(C)C.CCOC(=O)CNCCNC(=O)OC(C)(C)C.Cc1cc2nc3c(=O)n(CC(=O)O)c(=O)nc-3n(C)c2cc1C.O=C(O)CN1C(=O)c2cccc3cc([N+](=O)[O-])cc(c23)C1=O. The number of nitro benzene ring substituents is 1. The summed E-state index contributed by atoms with van der Waals surface area (Å²) in [7, 11) is 3.37. The number of ether oxygens (including phenoxy) is 7. The Bertz CT molecular complexity index is 5890. The number of carbonyl (C=O) groups excluding carboxylic acids is 11. The van der Waals surface area contributed by atoms with Crippen LogP contribution in [0.25, 0.3) is 55.9 Å². The van der Waals surface area contributed by atoms with Crippen LogP contribution >= 0.6 is 0 Å². The number of hydrogen-bond donors (Lipinski definition) is 9. The Morgan fingerprint density at radius 1 is 0.441 bits per heavy atom. The number of nitro groups is 1. The van der Waals surface area contributed by atoms with E-state index in [0.717, 1.165) is 43.6 Å². The molecule has 5 aliphatic rings. The number of carboxylic acid groups (broad SMARTS) is 3. The lowest BCUT2D eigenvalue weighted by Crippen LogP contribution is -2.47. The van der Waals surface area contributed by atoms with Gasteiger partial charge in [-0.25, -0.2) is 52.3 Å². The van der Waals surface area contributed by atoms with Crippen molar-refractivity contribution in [3.05, 3.63) is 140 Å². The number of esters is 3. The van der Waals surface area contributed by atoms with Crippen LogP contribution < -0.4 is 54.4 Å². The van der Waals surface area contributed by atoms with E-state index < -0.39 is 161 Å². The van der Waals surface area contributed by atoms with E-state index in [1.54, 1.807) is 133 Å². The molecule has 0 aliphatic carbocycles. The molecule has 0 saturated heterocycles. The van der Waals surface area contributed by atoms with E-state index in [2.05, 4.69) is 51.8 Å². The van der Waals surface area contributed by atoms with Crippen molar-refractivity contribution in [3.8, 4) is 23.0 Å². The first-order valence-corrected chi connectivity index (χ1v) is 42.6. The van der Waals surface area contributed by atoms with Crippen molar-refractivity contribution < 1.29 is 125 Å². The number of imide groups is 1. The van der Waals surface area contributed by atoms with Crippen molar-refractivity contribution in [3.63, 3.8) is 0 Å². The number of halogens is 1. The van der Waals surface area contributed by atoms with E-state index in [-0.39, 0.29) is 157 Å². The Morgan fingerprint density at radius 2 is 0.793 bits per heavy atom. The third-order valence-corrected chi connectivity index (χ3v) is 18.2. The summed E-state index contributed by atoms with van der Waals surface area (Å²) in [5.74, 6) is -8.16. The monoisotopic (exact) mass is 2060 g/mol. The number of aromatic nitrogens is 8. The minimum absolute atomic E-state index is 0. The summed E-state index contributed by atoms with van der Waals surface area (Å²) in [5.41, 5.74) is 0.641. The van der Waals surface area contributed by atoms with Gasteiger partial charge in [-0.1, -0.05) is 71.5 Å². The largest absolute Gasteiger partial charge is 0.480 e. The first-order valence-electron chi connectivity index (χ1n) is 42.6. The smallest absolute Gasteiger partial charge is 0.407 e. The van der Waals surface area contributed by atoms with E-state index in [9.17, 15) is 101 Å². The number of aryl methyl sites for hydroxylation is 6. The summed E-state index contributed by atoms with van der Waals surface area (Å²) in [4.78, 5) is 241. The highest BCUT2D eigenvalue weighted by atomic mass is 19.1. The van der Waals surface area contributed by atoms with E-state index in [4.69, 9.17) is 48.5 Å². The molecule has 0 bridgehead atoms. The van der Waals surface area contributed by atoms with Gasteiger partial charge in [0.15, 0.2) is 29.7 Å². The molecule has 0 saturated carbocycles. The number of nitrogens with zero attached hydrogens (tertiary/aromatic N) is 12. The van der Waals surface area contributed by atoms with Crippen molar-refractivity contribution in [2.45, 2.75) is 226 Å². The van der Waals surface area contributed by atoms with Crippen LogP contribution in [0.1, 0.15) is 206 Å². The summed E-state index contributed by atoms with van der Waals surface area (Å²) in [6.45, 7) is 31.9. The number of benzene rings is 4. The van der Waals surface area contributed by atoms with Crippen molar-refractivity contribution in [1.29, 1.82) is 0 Å². The maximum atomic E-state index is 13.3. The van der Waals surface area contributed by atoms with Gasteiger partial charge >= 0.3 is 71.6 Å². The molecule has 0 spiro atoms. The fourth-order valence-corrected chi connectivity index (χ4v) is 12.0. The maximum absolute atomic E-state index is 13.3. The van der Waals surface area contributed by atoms with E-state index >= 15 is 0 Å². The number of carbonyl (C=O) groups is 14. The molecule has 0 aromatic heterocycles. The molecule has 145 heavy (non-hydrogen) atoms. The molecule has 0 atom stereocenters. The first-order chi connectivity index (χ1) is 63.7. The molecule has 812 valence electrons. The van der Waals surface area contributed by atoms with E-state index in [1.165, 1.54) is 18.2 Å². The van der Waals surface area contributed by atoms with Crippen LogP contribution in [0.15, 0.2) is 73.8 Å². The molecule has 9 rings (SSSR count). The highest BCUT2D eigenvalue weighted by Gasteiger charge is 2.36. The molecule has 4 aromatic carbocycles. The molecule has 5 heterocycles. The van der Waals surface area contributed by atoms with Gasteiger partial charge in [0.1, 0.15) is 55.1 Å². The number of non-ortho nitro benzene ring substituents is 1. The van der Waals surface area contributed by atoms with Gasteiger partial charge in [0.2, 0.25) is 5.91 Å². The lowest BCUT2D eigenvalue weighted by Gasteiger charge is -2.25. The third-order valence-electron chi connectivity index (χ3n) is 18.2. The van der Waals surface area contributed by atoms with Crippen LogP contribution in [-0.4, -0.2) is 291 Å². The third kappa shape index (κ3) is 45.4. The summed E-state index contributed by atoms with van der Waals surface area (Å²) in [6, 6.07) is 14.4. The quantitative estimate of drug-likeness (QED) is 0.00371. The number of hydrogen-bond acceptors (Lipinski definition) is 33. The lowest BCUT2D eigenvalue weighted by molar-refractivity contribution is -0.384. The second kappa shape index (κ2) is 63.1. The van der Waals surface area contributed by atoms with Crippen LogP contribution in [0.5, 0.6) is 0 Å². The molecule has 4 aromatic rings. The number of fused-ring (bicyclic) bond motifs is 4. The molecule has 0 fully saturated rings. The van der Waals surface area contributed by atoms with Gasteiger partial charge in [0, 0.05) is 89.5 Å². The second-order valence-electron chi connectivity index (χ2n) is 33.9. The number of aliphatic carboxylic acids is 3. The van der Waals surface area contributed by atoms with Gasteiger partial charge in [-0.2, -0.15) is 9.97 Å². The summed E-state index contributed by atoms with van der Waals surface area (Å²) < 4.78 is 51.3. The number of alkyl carbamates (subject to hydrolysis) is 4. The highest BCUT2D eigenvalue weighted by Crippen LogP contribution is 2.34. The minimum atomic E-state index is -1.34. The van der Waals surface area contributed by atoms with E-state index in [1.807, 2.05) is 52.0 Å². The molecule has 0 radical (unpaired) electrons. The van der Waals surface area contributed by atoms with Crippen molar-refractivity contribution in [2.24, 2.45) is 14.1 Å². The normalized spacial score (nSPS) is 10.9. The van der Waals surface area contributed by atoms with Crippen LogP contribution in [0.2, 0.25) is 0 Å². The molecule has 0 unspecified atom stereocenters. The van der Waals surface area contributed by atoms with Gasteiger partial charge in [0.25, 0.3) is 34.5 Å². The van der Waals surface area contributed by atoms with Crippen molar-refractivity contribution >= 4 is 122 Å². The predicted octanol–water partition coefficient (Wildman–Crippen LogP) is 9.66. The molecule has 48 nitrogen and oxygen atoms in total. The Kier molecular flexibility index (Phi) is 60.2. The van der Waals surface area contributed by atoms with Gasteiger partial charge in [0.05, 0.1) is 65.5 Å². The van der Waals surface area contributed by atoms with Crippen LogP contribution in [-0.2, 0) is 98.7 Å². The average Bonchev–Trinajstić information content (AvgIpc) is 0.737. The van der Waals surface area contributed by atoms with Crippen LogP contribution in [0.4, 0.5) is 29.3 Å². The number of rotatable bonds is 31. The zero-order valence-corrected chi connectivity index (χ0v) is 80.2. The van der Waals surface area contributed by atoms with Gasteiger partial charge in [-0.15, -0.1) is 0 Å². The average molecular weight is 2060 g/mol. The zero-order chi connectivity index (χ0) is 104. The van der Waals surface area contributed by atoms with Gasteiger partial charge in [-0.3, -0.25) is 72.5 Å². The molecule has 49 heteroatoms. The molecule has 8 amide bonds.